The van der Waals surface area contributed by atoms with Crippen LogP contribution in [0.25, 0.3) is 0 Å². The van der Waals surface area contributed by atoms with E-state index in [1.807, 2.05) is 25.2 Å². The molecule has 116 valence electrons. The molecule has 0 bridgehead atoms. The van der Waals surface area contributed by atoms with Crippen LogP contribution in [0.15, 0.2) is 42.5 Å². The molecule has 0 aliphatic heterocycles. The topological polar surface area (TPSA) is 53.5 Å². The number of hydrogen-bond donors (Lipinski definition) is 3. The van der Waals surface area contributed by atoms with Gasteiger partial charge in [-0.3, -0.25) is 0 Å². The molecule has 2 atom stereocenters. The van der Waals surface area contributed by atoms with E-state index >= 15 is 0 Å². The predicted octanol–water partition coefficient (Wildman–Crippen LogP) is 2.48. The highest BCUT2D eigenvalue weighted by molar-refractivity contribution is 5.57. The van der Waals surface area contributed by atoms with Crippen LogP contribution < -0.4 is 15.4 Å². The van der Waals surface area contributed by atoms with Gasteiger partial charge in [0.1, 0.15) is 5.75 Å². The van der Waals surface area contributed by atoms with Gasteiger partial charge in [0.2, 0.25) is 0 Å². The molecule has 4 nitrogen and oxygen atoms in total. The van der Waals surface area contributed by atoms with Crippen LogP contribution in [0.3, 0.4) is 0 Å². The molecule has 4 heteroatoms. The first-order chi connectivity index (χ1) is 10.8. The van der Waals surface area contributed by atoms with Gasteiger partial charge < -0.3 is 20.5 Å². The normalized spacial score (nSPS) is 19.8. The minimum Gasteiger partial charge on any atom is -0.497 e. The van der Waals surface area contributed by atoms with Crippen LogP contribution in [0.1, 0.15) is 22.7 Å². The summed E-state index contributed by atoms with van der Waals surface area (Å²) in [5.41, 5.74) is 4.49. The quantitative estimate of drug-likeness (QED) is 0.794. The van der Waals surface area contributed by atoms with Crippen LogP contribution in [0.4, 0.5) is 5.69 Å². The van der Waals surface area contributed by atoms with Crippen molar-refractivity contribution in [2.45, 2.75) is 25.1 Å². The molecule has 0 heterocycles. The lowest BCUT2D eigenvalue weighted by Gasteiger charge is -2.24. The first-order valence-corrected chi connectivity index (χ1v) is 7.56. The van der Waals surface area contributed by atoms with Gasteiger partial charge in [-0.1, -0.05) is 24.3 Å². The minimum atomic E-state index is -0.0158. The highest BCUT2D eigenvalue weighted by Crippen LogP contribution is 2.35. The highest BCUT2D eigenvalue weighted by Gasteiger charge is 2.31. The van der Waals surface area contributed by atoms with Crippen LogP contribution in [0.5, 0.6) is 5.75 Å². The lowest BCUT2D eigenvalue weighted by atomic mass is 10.1. The first kappa shape index (κ1) is 14.9. The second-order valence-corrected chi connectivity index (χ2v) is 5.60. The fraction of sp³-hybridized carbons (Fsp3) is 0.333. The number of aliphatic hydroxyl groups excluding tert-OH is 1. The fourth-order valence-electron chi connectivity index (χ4n) is 3.18. The van der Waals surface area contributed by atoms with Crippen molar-refractivity contribution in [2.24, 2.45) is 0 Å². The maximum absolute atomic E-state index is 9.62. The molecule has 1 aliphatic rings. The molecule has 0 fully saturated rings. The lowest BCUT2D eigenvalue weighted by Crippen LogP contribution is -2.33. The summed E-state index contributed by atoms with van der Waals surface area (Å²) in [6.07, 6.45) is 1.01. The van der Waals surface area contributed by atoms with E-state index in [-0.39, 0.29) is 12.6 Å². The summed E-state index contributed by atoms with van der Waals surface area (Å²) in [5, 5.41) is 16.6. The molecule has 2 unspecified atom stereocenters. The second-order valence-electron chi connectivity index (χ2n) is 5.60. The summed E-state index contributed by atoms with van der Waals surface area (Å²) in [6, 6.07) is 14.8. The molecule has 1 aliphatic carbocycles. The number of aliphatic hydroxyl groups is 1. The van der Waals surface area contributed by atoms with E-state index < -0.39 is 0 Å². The van der Waals surface area contributed by atoms with Gasteiger partial charge in [0.25, 0.3) is 0 Å². The Bertz CT molecular complexity index is 657. The molecular weight excluding hydrogens is 276 g/mol. The van der Waals surface area contributed by atoms with Crippen molar-refractivity contribution in [1.29, 1.82) is 0 Å². The molecule has 0 amide bonds. The zero-order valence-electron chi connectivity index (χ0n) is 13.0. The zero-order chi connectivity index (χ0) is 15.5. The molecule has 0 radical (unpaired) electrons. The van der Waals surface area contributed by atoms with Gasteiger partial charge in [-0.05, 0) is 42.8 Å². The van der Waals surface area contributed by atoms with Gasteiger partial charge >= 0.3 is 0 Å². The molecule has 22 heavy (non-hydrogen) atoms. The standard InChI is InChI=1S/C18H22N2O2/c1-19-17-10-12-5-3-4-6-15(12)18(17)20-16-8-7-14(22-2)9-13(16)11-21/h3-9,17-21H,10-11H2,1-2H3. The Kier molecular flexibility index (Phi) is 4.32. The van der Waals surface area contributed by atoms with Crippen molar-refractivity contribution in [3.05, 3.63) is 59.2 Å². The highest BCUT2D eigenvalue weighted by atomic mass is 16.5. The Morgan fingerprint density at radius 2 is 2.05 bits per heavy atom. The summed E-state index contributed by atoms with van der Waals surface area (Å²) >= 11 is 0. The van der Waals surface area contributed by atoms with Gasteiger partial charge in [0.05, 0.1) is 19.8 Å². The molecule has 0 saturated heterocycles. The number of methoxy groups -OCH3 is 1. The zero-order valence-corrected chi connectivity index (χ0v) is 13.0. The van der Waals surface area contributed by atoms with Gasteiger partial charge in [-0.15, -0.1) is 0 Å². The Morgan fingerprint density at radius 3 is 2.77 bits per heavy atom. The summed E-state index contributed by atoms with van der Waals surface area (Å²) in [7, 11) is 3.63. The third-order valence-corrected chi connectivity index (χ3v) is 4.40. The molecule has 0 saturated carbocycles. The van der Waals surface area contributed by atoms with Crippen molar-refractivity contribution in [2.75, 3.05) is 19.5 Å². The monoisotopic (exact) mass is 298 g/mol. The predicted molar refractivity (Wildman–Crippen MR) is 88.3 cm³/mol. The van der Waals surface area contributed by atoms with Crippen molar-refractivity contribution in [3.63, 3.8) is 0 Å². The molecule has 0 spiro atoms. The molecule has 3 N–H and O–H groups in total. The van der Waals surface area contributed by atoms with Crippen LogP contribution in [0, 0.1) is 0 Å². The third-order valence-electron chi connectivity index (χ3n) is 4.40. The summed E-state index contributed by atoms with van der Waals surface area (Å²) in [4.78, 5) is 0. The number of fused-ring (bicyclic) bond motifs is 1. The smallest absolute Gasteiger partial charge is 0.119 e. The number of likely N-dealkylation sites (N-methyl/N-ethyl adjacent to an activating group) is 1. The number of rotatable bonds is 5. The van der Waals surface area contributed by atoms with Crippen molar-refractivity contribution >= 4 is 5.69 Å². The van der Waals surface area contributed by atoms with E-state index in [9.17, 15) is 5.11 Å². The van der Waals surface area contributed by atoms with Crippen molar-refractivity contribution in [1.82, 2.24) is 5.32 Å². The molecule has 2 aromatic carbocycles. The van der Waals surface area contributed by atoms with Crippen LogP contribution in [0.2, 0.25) is 0 Å². The number of anilines is 1. The minimum absolute atomic E-state index is 0.0158. The Hall–Kier alpha value is -2.04. The summed E-state index contributed by atoms with van der Waals surface area (Å²) in [5.74, 6) is 0.756. The van der Waals surface area contributed by atoms with E-state index in [4.69, 9.17) is 4.74 Å². The van der Waals surface area contributed by atoms with Crippen molar-refractivity contribution in [3.8, 4) is 5.75 Å². The van der Waals surface area contributed by atoms with E-state index in [1.165, 1.54) is 11.1 Å². The summed E-state index contributed by atoms with van der Waals surface area (Å²) < 4.78 is 5.23. The van der Waals surface area contributed by atoms with Gasteiger partial charge in [-0.25, -0.2) is 0 Å². The second kappa shape index (κ2) is 6.38. The number of benzene rings is 2. The van der Waals surface area contributed by atoms with E-state index in [0.717, 1.165) is 23.4 Å². The molecule has 0 aromatic heterocycles. The average Bonchev–Trinajstić information content (AvgIpc) is 2.93. The summed E-state index contributed by atoms with van der Waals surface area (Å²) in [6.45, 7) is -0.0158. The fourth-order valence-corrected chi connectivity index (χ4v) is 3.18. The SMILES string of the molecule is CNC1Cc2ccccc2C1Nc1ccc(OC)cc1CO. The van der Waals surface area contributed by atoms with E-state index in [2.05, 4.69) is 34.9 Å². The number of nitrogens with one attached hydrogen (secondary N) is 2. The van der Waals surface area contributed by atoms with Crippen LogP contribution in [-0.4, -0.2) is 25.3 Å². The Morgan fingerprint density at radius 1 is 1.23 bits per heavy atom. The maximum Gasteiger partial charge on any atom is 0.119 e. The maximum atomic E-state index is 9.62. The third kappa shape index (κ3) is 2.67. The lowest BCUT2D eigenvalue weighted by molar-refractivity contribution is 0.281. The van der Waals surface area contributed by atoms with Gasteiger partial charge in [0.15, 0.2) is 0 Å². The first-order valence-electron chi connectivity index (χ1n) is 7.56. The molecule has 3 rings (SSSR count). The van der Waals surface area contributed by atoms with Crippen molar-refractivity contribution < 1.29 is 9.84 Å². The average molecular weight is 298 g/mol. The number of hydrogen-bond acceptors (Lipinski definition) is 4. The number of ether oxygens (including phenoxy) is 1. The van der Waals surface area contributed by atoms with E-state index in [0.29, 0.717) is 6.04 Å². The van der Waals surface area contributed by atoms with Gasteiger partial charge in [-0.2, -0.15) is 0 Å². The largest absolute Gasteiger partial charge is 0.497 e. The molecular formula is C18H22N2O2. The Balaban J connectivity index is 1.91. The van der Waals surface area contributed by atoms with Crippen LogP contribution >= 0.6 is 0 Å². The Labute approximate surface area is 131 Å². The molecule has 2 aromatic rings. The van der Waals surface area contributed by atoms with E-state index in [1.54, 1.807) is 7.11 Å². The van der Waals surface area contributed by atoms with Crippen LogP contribution in [-0.2, 0) is 13.0 Å². The van der Waals surface area contributed by atoms with Gasteiger partial charge in [0, 0.05) is 17.3 Å².